The Morgan fingerprint density at radius 3 is 2.85 bits per heavy atom. The summed E-state index contributed by atoms with van der Waals surface area (Å²) in [5.74, 6) is -0.618. The largest absolute Gasteiger partial charge is 0.313 e. The average molecular weight is 202 g/mol. The van der Waals surface area contributed by atoms with Crippen LogP contribution in [-0.2, 0) is 0 Å². The van der Waals surface area contributed by atoms with E-state index < -0.39 is 5.82 Å². The van der Waals surface area contributed by atoms with Crippen molar-refractivity contribution in [3.8, 4) is 0 Å². The summed E-state index contributed by atoms with van der Waals surface area (Å²) in [5, 5.41) is 2.69. The molecule has 0 aliphatic heterocycles. The van der Waals surface area contributed by atoms with Crippen molar-refractivity contribution in [3.05, 3.63) is 34.6 Å². The first kappa shape index (κ1) is 10.2. The maximum atomic E-state index is 12.7. The van der Waals surface area contributed by atoms with Crippen LogP contribution >= 0.6 is 11.6 Å². The molecule has 1 aromatic carbocycles. The Kier molecular flexibility index (Phi) is 3.39. The number of hydrogen-bond acceptors (Lipinski definition) is 2. The quantitative estimate of drug-likeness (QED) is 0.757. The number of carbonyl (C=O) groups excluding carboxylic acids is 1. The topological polar surface area (TPSA) is 29.1 Å². The van der Waals surface area contributed by atoms with Gasteiger partial charge in [-0.05, 0) is 25.2 Å². The minimum absolute atomic E-state index is 0.0260. The molecule has 0 amide bonds. The van der Waals surface area contributed by atoms with Crippen molar-refractivity contribution < 1.29 is 9.18 Å². The van der Waals surface area contributed by atoms with Crippen LogP contribution in [0, 0.1) is 5.82 Å². The van der Waals surface area contributed by atoms with Crippen LogP contribution in [-0.4, -0.2) is 19.4 Å². The molecule has 13 heavy (non-hydrogen) atoms. The summed E-state index contributed by atoms with van der Waals surface area (Å²) < 4.78 is 12.7. The van der Waals surface area contributed by atoms with Crippen LogP contribution in [0.25, 0.3) is 0 Å². The lowest BCUT2D eigenvalue weighted by molar-refractivity contribution is 0.0993. The molecule has 2 nitrogen and oxygen atoms in total. The Labute approximate surface area is 80.7 Å². The maximum absolute atomic E-state index is 12.7. The molecule has 0 radical (unpaired) electrons. The number of likely N-dealkylation sites (N-methyl/N-ethyl adjacent to an activating group) is 1. The molecule has 0 heterocycles. The van der Waals surface area contributed by atoms with Gasteiger partial charge in [-0.25, -0.2) is 4.39 Å². The molecule has 0 aliphatic carbocycles. The molecule has 0 aliphatic rings. The van der Waals surface area contributed by atoms with Gasteiger partial charge in [-0.2, -0.15) is 0 Å². The maximum Gasteiger partial charge on any atom is 0.176 e. The summed E-state index contributed by atoms with van der Waals surface area (Å²) in [7, 11) is 1.67. The van der Waals surface area contributed by atoms with Crippen LogP contribution in [0.1, 0.15) is 10.4 Å². The van der Waals surface area contributed by atoms with Gasteiger partial charge in [-0.3, -0.25) is 4.79 Å². The SMILES string of the molecule is CNCC(=O)c1ccc(F)c(Cl)c1. The lowest BCUT2D eigenvalue weighted by Gasteiger charge is -2.00. The van der Waals surface area contributed by atoms with E-state index in [1.807, 2.05) is 0 Å². The Balaban J connectivity index is 2.90. The van der Waals surface area contributed by atoms with Gasteiger partial charge in [0.15, 0.2) is 5.78 Å². The Morgan fingerprint density at radius 1 is 1.62 bits per heavy atom. The van der Waals surface area contributed by atoms with Crippen LogP contribution in [0.4, 0.5) is 4.39 Å². The number of ketones is 1. The van der Waals surface area contributed by atoms with Gasteiger partial charge in [0.2, 0.25) is 0 Å². The Bertz CT molecular complexity index is 327. The van der Waals surface area contributed by atoms with Gasteiger partial charge in [0.1, 0.15) is 5.82 Å². The number of carbonyl (C=O) groups is 1. The second kappa shape index (κ2) is 4.35. The lowest BCUT2D eigenvalue weighted by atomic mass is 10.1. The summed E-state index contributed by atoms with van der Waals surface area (Å²) in [6.45, 7) is 0.224. The Morgan fingerprint density at radius 2 is 2.31 bits per heavy atom. The summed E-state index contributed by atoms with van der Waals surface area (Å²) in [6.07, 6.45) is 0. The zero-order valence-electron chi connectivity index (χ0n) is 7.10. The average Bonchev–Trinajstić information content (AvgIpc) is 2.10. The molecule has 0 saturated carbocycles. The number of Topliss-reactive ketones (excluding diaryl/α,β-unsaturated/α-hetero) is 1. The molecule has 1 rings (SSSR count). The summed E-state index contributed by atoms with van der Waals surface area (Å²) in [5.41, 5.74) is 0.417. The zero-order chi connectivity index (χ0) is 9.84. The number of benzene rings is 1. The molecule has 1 N–H and O–H groups in total. The van der Waals surface area contributed by atoms with Gasteiger partial charge in [0, 0.05) is 5.56 Å². The van der Waals surface area contributed by atoms with Gasteiger partial charge < -0.3 is 5.32 Å². The smallest absolute Gasteiger partial charge is 0.176 e. The van der Waals surface area contributed by atoms with E-state index >= 15 is 0 Å². The van der Waals surface area contributed by atoms with E-state index in [1.165, 1.54) is 18.2 Å². The molecule has 0 atom stereocenters. The van der Waals surface area contributed by atoms with Crippen molar-refractivity contribution in [2.75, 3.05) is 13.6 Å². The molecular weight excluding hydrogens is 193 g/mol. The molecule has 1 aromatic rings. The van der Waals surface area contributed by atoms with Gasteiger partial charge in [-0.1, -0.05) is 11.6 Å². The highest BCUT2D eigenvalue weighted by Crippen LogP contribution is 2.15. The normalized spacial score (nSPS) is 10.1. The Hall–Kier alpha value is -0.930. The van der Waals surface area contributed by atoms with E-state index in [4.69, 9.17) is 11.6 Å². The van der Waals surface area contributed by atoms with Crippen molar-refractivity contribution in [2.45, 2.75) is 0 Å². The number of nitrogens with one attached hydrogen (secondary N) is 1. The second-order valence-electron chi connectivity index (χ2n) is 2.58. The van der Waals surface area contributed by atoms with E-state index in [0.29, 0.717) is 5.56 Å². The fourth-order valence-corrected chi connectivity index (χ4v) is 1.11. The van der Waals surface area contributed by atoms with E-state index in [1.54, 1.807) is 7.05 Å². The minimum atomic E-state index is -0.511. The fraction of sp³-hybridized carbons (Fsp3) is 0.222. The first-order valence-electron chi connectivity index (χ1n) is 3.78. The molecule has 0 aromatic heterocycles. The summed E-state index contributed by atoms with van der Waals surface area (Å²) in [4.78, 5) is 11.3. The van der Waals surface area contributed by atoms with Crippen LogP contribution < -0.4 is 5.32 Å². The number of hydrogen-bond donors (Lipinski definition) is 1. The van der Waals surface area contributed by atoms with Crippen molar-refractivity contribution in [3.63, 3.8) is 0 Å². The number of rotatable bonds is 3. The van der Waals surface area contributed by atoms with Crippen LogP contribution in [0.5, 0.6) is 0 Å². The highest BCUT2D eigenvalue weighted by molar-refractivity contribution is 6.31. The van der Waals surface area contributed by atoms with Crippen LogP contribution in [0.15, 0.2) is 18.2 Å². The molecule has 0 unspecified atom stereocenters. The highest BCUT2D eigenvalue weighted by Gasteiger charge is 2.07. The third-order valence-corrected chi connectivity index (χ3v) is 1.87. The molecule has 70 valence electrons. The fourth-order valence-electron chi connectivity index (χ4n) is 0.932. The van der Waals surface area contributed by atoms with Crippen LogP contribution in [0.3, 0.4) is 0 Å². The predicted molar refractivity (Wildman–Crippen MR) is 49.7 cm³/mol. The van der Waals surface area contributed by atoms with Crippen molar-refractivity contribution in [1.29, 1.82) is 0 Å². The zero-order valence-corrected chi connectivity index (χ0v) is 7.86. The molecular formula is C9H9ClFNO. The predicted octanol–water partition coefficient (Wildman–Crippen LogP) is 1.88. The van der Waals surface area contributed by atoms with E-state index in [9.17, 15) is 9.18 Å². The van der Waals surface area contributed by atoms with Crippen molar-refractivity contribution >= 4 is 17.4 Å². The molecule has 0 bridgehead atoms. The van der Waals surface area contributed by atoms with Crippen LogP contribution in [0.2, 0.25) is 5.02 Å². The van der Waals surface area contributed by atoms with Gasteiger partial charge in [0.25, 0.3) is 0 Å². The van der Waals surface area contributed by atoms with Crippen molar-refractivity contribution in [2.24, 2.45) is 0 Å². The highest BCUT2D eigenvalue weighted by atomic mass is 35.5. The van der Waals surface area contributed by atoms with Crippen molar-refractivity contribution in [1.82, 2.24) is 5.32 Å². The second-order valence-corrected chi connectivity index (χ2v) is 2.99. The van der Waals surface area contributed by atoms with E-state index in [0.717, 1.165) is 0 Å². The van der Waals surface area contributed by atoms with E-state index in [2.05, 4.69) is 5.32 Å². The minimum Gasteiger partial charge on any atom is -0.313 e. The molecule has 0 fully saturated rings. The van der Waals surface area contributed by atoms with Gasteiger partial charge >= 0.3 is 0 Å². The summed E-state index contributed by atoms with van der Waals surface area (Å²) in [6, 6.07) is 3.93. The monoisotopic (exact) mass is 201 g/mol. The number of halogens is 2. The molecule has 4 heteroatoms. The molecule has 0 saturated heterocycles. The molecule has 0 spiro atoms. The third-order valence-electron chi connectivity index (χ3n) is 1.58. The first-order chi connectivity index (χ1) is 6.15. The standard InChI is InChI=1S/C9H9ClFNO/c1-12-5-9(13)6-2-3-8(11)7(10)4-6/h2-4,12H,5H2,1H3. The lowest BCUT2D eigenvalue weighted by Crippen LogP contribution is -2.18. The van der Waals surface area contributed by atoms with Gasteiger partial charge in [0.05, 0.1) is 11.6 Å². The van der Waals surface area contributed by atoms with Gasteiger partial charge in [-0.15, -0.1) is 0 Å². The third kappa shape index (κ3) is 2.50. The van der Waals surface area contributed by atoms with E-state index in [-0.39, 0.29) is 17.4 Å². The summed E-state index contributed by atoms with van der Waals surface area (Å²) >= 11 is 5.51. The first-order valence-corrected chi connectivity index (χ1v) is 4.16.